The molecule has 1 heterocycles. The summed E-state index contributed by atoms with van der Waals surface area (Å²) in [5.74, 6) is 1.74. The fourth-order valence-electron chi connectivity index (χ4n) is 3.64. The highest BCUT2D eigenvalue weighted by atomic mass is 19.1. The van der Waals surface area contributed by atoms with Crippen molar-refractivity contribution in [3.05, 3.63) is 131 Å². The van der Waals surface area contributed by atoms with E-state index in [0.29, 0.717) is 23.6 Å². The quantitative estimate of drug-likeness (QED) is 0.239. The molecule has 0 aliphatic rings. The molecule has 3 rings (SSSR count). The number of aromatic nitrogens is 1. The van der Waals surface area contributed by atoms with Crippen LogP contribution in [0.5, 0.6) is 0 Å². The lowest BCUT2D eigenvalue weighted by atomic mass is 10.0. The minimum Gasteiger partial charge on any atom is -0.366 e. The maximum atomic E-state index is 13.7. The molecule has 0 saturated heterocycles. The van der Waals surface area contributed by atoms with Crippen LogP contribution in [0.25, 0.3) is 6.08 Å². The molecule has 1 N–H and O–H groups in total. The van der Waals surface area contributed by atoms with Crippen LogP contribution in [0.4, 0.5) is 15.9 Å². The summed E-state index contributed by atoms with van der Waals surface area (Å²) in [4.78, 5) is 19.8. The Morgan fingerprint density at radius 2 is 1.95 bits per heavy atom. The van der Waals surface area contributed by atoms with E-state index in [1.54, 1.807) is 35.4 Å². The average molecular weight is 492 g/mol. The molecule has 0 radical (unpaired) electrons. The maximum absolute atomic E-state index is 13.7. The van der Waals surface area contributed by atoms with Crippen molar-refractivity contribution >= 4 is 23.5 Å². The highest BCUT2D eigenvalue weighted by Gasteiger charge is 2.19. The topological polar surface area (TPSA) is 45.2 Å². The second-order valence-corrected chi connectivity index (χ2v) is 8.47. The molecule has 1 amide bonds. The first-order valence-corrected chi connectivity index (χ1v) is 11.9. The summed E-state index contributed by atoms with van der Waals surface area (Å²) in [6.45, 7) is 8.32. The largest absolute Gasteiger partial charge is 0.366 e. The molecule has 0 aliphatic heterocycles. The minimum absolute atomic E-state index is 0.184. The zero-order chi connectivity index (χ0) is 26.6. The molecular formula is C32H30FN3O. The van der Waals surface area contributed by atoms with Gasteiger partial charge < -0.3 is 10.2 Å². The summed E-state index contributed by atoms with van der Waals surface area (Å²) in [5, 5.41) is 3.31. The zero-order valence-corrected chi connectivity index (χ0v) is 21.1. The van der Waals surface area contributed by atoms with E-state index in [0.717, 1.165) is 22.3 Å². The van der Waals surface area contributed by atoms with Crippen LogP contribution in [0, 0.1) is 19.3 Å². The molecule has 5 heteroatoms. The number of allylic oxidation sites excluding steroid dienone is 5. The molecule has 37 heavy (non-hydrogen) atoms. The van der Waals surface area contributed by atoms with Gasteiger partial charge in [0.2, 0.25) is 0 Å². The number of nitrogens with one attached hydrogen (secondary N) is 1. The average Bonchev–Trinajstić information content (AvgIpc) is 2.93. The van der Waals surface area contributed by atoms with Gasteiger partial charge in [0.25, 0.3) is 5.91 Å². The minimum atomic E-state index is -0.674. The summed E-state index contributed by atoms with van der Waals surface area (Å²) >= 11 is 0. The first kappa shape index (κ1) is 26.9. The van der Waals surface area contributed by atoms with E-state index < -0.39 is 5.83 Å². The Hall–Kier alpha value is -4.69. The third-order valence-corrected chi connectivity index (χ3v) is 5.60. The van der Waals surface area contributed by atoms with Crippen LogP contribution in [0.15, 0.2) is 109 Å². The van der Waals surface area contributed by atoms with Crippen LogP contribution in [0.2, 0.25) is 0 Å². The SMILES string of the molecule is C#C/C(F)=C\C=C(/C)CN(C(=O)c1ccc(/C=C\C=C)c(C)c1)c1ccnc(NCc2ccccc2)c1. The van der Waals surface area contributed by atoms with Crippen molar-refractivity contribution in [2.45, 2.75) is 20.4 Å². The lowest BCUT2D eigenvalue weighted by molar-refractivity contribution is 0.0989. The molecule has 4 nitrogen and oxygen atoms in total. The van der Waals surface area contributed by atoms with Crippen molar-refractivity contribution in [2.75, 3.05) is 16.8 Å². The highest BCUT2D eigenvalue weighted by Crippen LogP contribution is 2.23. The molecule has 0 saturated carbocycles. The fraction of sp³-hybridized carbons (Fsp3) is 0.125. The standard InChI is InChI=1S/C32H30FN3O/c1-5-7-13-27-15-16-28(20-25(27)4)32(37)36(23-24(3)14-17-29(33)6-2)30-18-19-34-31(21-30)35-22-26-11-9-8-10-12-26/h2,5,7-21H,1,22-23H2,3-4H3,(H,34,35)/b13-7-,24-14+,29-17+. The molecule has 0 unspecified atom stereocenters. The van der Waals surface area contributed by atoms with Crippen molar-refractivity contribution < 1.29 is 9.18 Å². The van der Waals surface area contributed by atoms with E-state index in [9.17, 15) is 9.18 Å². The van der Waals surface area contributed by atoms with Crippen molar-refractivity contribution in [1.82, 2.24) is 4.98 Å². The van der Waals surface area contributed by atoms with Gasteiger partial charge in [0.15, 0.2) is 5.83 Å². The van der Waals surface area contributed by atoms with Crippen molar-refractivity contribution in [3.8, 4) is 12.3 Å². The first-order valence-electron chi connectivity index (χ1n) is 11.9. The van der Waals surface area contributed by atoms with Gasteiger partial charge in [-0.3, -0.25) is 4.79 Å². The van der Waals surface area contributed by atoms with E-state index in [1.165, 1.54) is 6.08 Å². The van der Waals surface area contributed by atoms with Gasteiger partial charge in [-0.1, -0.05) is 72.9 Å². The molecular weight excluding hydrogens is 461 g/mol. The Balaban J connectivity index is 1.93. The van der Waals surface area contributed by atoms with Crippen LogP contribution in [-0.4, -0.2) is 17.4 Å². The normalized spacial score (nSPS) is 11.7. The summed E-state index contributed by atoms with van der Waals surface area (Å²) in [6, 6.07) is 19.2. The van der Waals surface area contributed by atoms with E-state index in [4.69, 9.17) is 6.42 Å². The number of anilines is 2. The molecule has 186 valence electrons. The number of carbonyl (C=O) groups is 1. The van der Waals surface area contributed by atoms with E-state index in [2.05, 4.69) is 16.9 Å². The zero-order valence-electron chi connectivity index (χ0n) is 21.1. The second kappa shape index (κ2) is 13.4. The Morgan fingerprint density at radius 3 is 2.65 bits per heavy atom. The fourth-order valence-corrected chi connectivity index (χ4v) is 3.64. The Morgan fingerprint density at radius 1 is 1.16 bits per heavy atom. The number of pyridine rings is 1. The molecule has 0 atom stereocenters. The van der Waals surface area contributed by atoms with Gasteiger partial charge in [-0.25, -0.2) is 4.98 Å². The third-order valence-electron chi connectivity index (χ3n) is 5.60. The Kier molecular flexibility index (Phi) is 9.75. The van der Waals surface area contributed by atoms with E-state index >= 15 is 0 Å². The molecule has 0 bridgehead atoms. The van der Waals surface area contributed by atoms with Gasteiger partial charge in [0.05, 0.1) is 0 Å². The third kappa shape index (κ3) is 7.91. The number of terminal acetylenes is 1. The summed E-state index contributed by atoms with van der Waals surface area (Å²) in [7, 11) is 0. The van der Waals surface area contributed by atoms with Gasteiger partial charge in [-0.05, 0) is 60.7 Å². The number of carbonyl (C=O) groups excluding carboxylic acids is 1. The van der Waals surface area contributed by atoms with Crippen LogP contribution >= 0.6 is 0 Å². The molecule has 0 aliphatic carbocycles. The highest BCUT2D eigenvalue weighted by molar-refractivity contribution is 6.06. The summed E-state index contributed by atoms with van der Waals surface area (Å²) in [6.07, 6.45) is 15.1. The molecule has 0 spiro atoms. The van der Waals surface area contributed by atoms with Crippen LogP contribution < -0.4 is 10.2 Å². The van der Waals surface area contributed by atoms with Gasteiger partial charge in [-0.15, -0.1) is 6.42 Å². The summed E-state index contributed by atoms with van der Waals surface area (Å²) < 4.78 is 13.5. The van der Waals surface area contributed by atoms with E-state index in [-0.39, 0.29) is 12.5 Å². The molecule has 0 fully saturated rings. The number of benzene rings is 2. The molecule has 1 aromatic heterocycles. The summed E-state index contributed by atoms with van der Waals surface area (Å²) in [5.41, 5.74) is 5.06. The van der Waals surface area contributed by atoms with Gasteiger partial charge in [-0.2, -0.15) is 4.39 Å². The Labute approximate surface area is 218 Å². The van der Waals surface area contributed by atoms with Gasteiger partial charge >= 0.3 is 0 Å². The van der Waals surface area contributed by atoms with E-state index in [1.807, 2.05) is 80.5 Å². The van der Waals surface area contributed by atoms with Crippen molar-refractivity contribution in [1.29, 1.82) is 0 Å². The number of hydrogen-bond donors (Lipinski definition) is 1. The number of amides is 1. The van der Waals surface area contributed by atoms with Crippen LogP contribution in [0.1, 0.15) is 34.0 Å². The molecule has 3 aromatic rings. The predicted octanol–water partition coefficient (Wildman–Crippen LogP) is 7.28. The van der Waals surface area contributed by atoms with Gasteiger partial charge in [0, 0.05) is 36.6 Å². The maximum Gasteiger partial charge on any atom is 0.258 e. The number of rotatable bonds is 10. The number of nitrogens with zero attached hydrogens (tertiary/aromatic N) is 2. The molecule has 2 aromatic carbocycles. The van der Waals surface area contributed by atoms with Gasteiger partial charge in [0.1, 0.15) is 5.82 Å². The monoisotopic (exact) mass is 491 g/mol. The van der Waals surface area contributed by atoms with Crippen LogP contribution in [-0.2, 0) is 6.54 Å². The van der Waals surface area contributed by atoms with Crippen molar-refractivity contribution in [3.63, 3.8) is 0 Å². The number of halogens is 1. The predicted molar refractivity (Wildman–Crippen MR) is 152 cm³/mol. The Bertz CT molecular complexity index is 1380. The smallest absolute Gasteiger partial charge is 0.258 e. The lowest BCUT2D eigenvalue weighted by Gasteiger charge is -2.24. The second-order valence-electron chi connectivity index (χ2n) is 8.47. The lowest BCUT2D eigenvalue weighted by Crippen LogP contribution is -2.32. The number of hydrogen-bond acceptors (Lipinski definition) is 3. The first-order chi connectivity index (χ1) is 17.9. The van der Waals surface area contributed by atoms with Crippen LogP contribution in [0.3, 0.4) is 0 Å². The van der Waals surface area contributed by atoms with Crippen molar-refractivity contribution in [2.24, 2.45) is 0 Å². The number of aryl methyl sites for hydroxylation is 1.